The first-order valence-corrected chi connectivity index (χ1v) is 6.47. The van der Waals surface area contributed by atoms with Crippen molar-refractivity contribution in [2.24, 2.45) is 5.73 Å². The van der Waals surface area contributed by atoms with E-state index in [4.69, 9.17) is 11.5 Å². The van der Waals surface area contributed by atoms with Gasteiger partial charge in [0.25, 0.3) is 5.91 Å². The molecule has 1 saturated heterocycles. The molecule has 1 heterocycles. The normalized spacial score (nSPS) is 19.4. The van der Waals surface area contributed by atoms with E-state index in [1.54, 1.807) is 12.1 Å². The lowest BCUT2D eigenvalue weighted by atomic mass is 9.99. The second-order valence-corrected chi connectivity index (χ2v) is 5.79. The van der Waals surface area contributed by atoms with Gasteiger partial charge in [0, 0.05) is 36.5 Å². The predicted octanol–water partition coefficient (Wildman–Crippen LogP) is 0.898. The molecular weight excluding hydrogens is 240 g/mol. The lowest BCUT2D eigenvalue weighted by Crippen LogP contribution is -2.57. The van der Waals surface area contributed by atoms with Gasteiger partial charge in [-0.3, -0.25) is 9.69 Å². The number of nitrogens with zero attached hydrogens (tertiary/aromatic N) is 2. The molecule has 2 rings (SSSR count). The van der Waals surface area contributed by atoms with E-state index in [0.717, 1.165) is 25.3 Å². The Bertz CT molecular complexity index is 498. The monoisotopic (exact) mass is 262 g/mol. The summed E-state index contributed by atoms with van der Waals surface area (Å²) in [5.41, 5.74) is 13.1. The van der Waals surface area contributed by atoms with E-state index in [1.807, 2.05) is 6.07 Å². The zero-order chi connectivity index (χ0) is 14.2. The molecule has 0 atom stereocenters. The number of amides is 1. The summed E-state index contributed by atoms with van der Waals surface area (Å²) in [6.45, 7) is 7.26. The third-order valence-corrected chi connectivity index (χ3v) is 3.98. The molecule has 1 aromatic rings. The lowest BCUT2D eigenvalue weighted by Gasteiger charge is -2.46. The number of primary amides is 1. The summed E-state index contributed by atoms with van der Waals surface area (Å²) < 4.78 is 0. The van der Waals surface area contributed by atoms with Gasteiger partial charge in [-0.25, -0.2) is 0 Å². The van der Waals surface area contributed by atoms with E-state index in [0.29, 0.717) is 11.3 Å². The van der Waals surface area contributed by atoms with Crippen molar-refractivity contribution in [2.45, 2.75) is 19.4 Å². The van der Waals surface area contributed by atoms with E-state index in [9.17, 15) is 4.79 Å². The van der Waals surface area contributed by atoms with Crippen molar-refractivity contribution in [2.75, 3.05) is 37.3 Å². The Morgan fingerprint density at radius 1 is 1.32 bits per heavy atom. The van der Waals surface area contributed by atoms with Gasteiger partial charge in [0.1, 0.15) is 0 Å². The summed E-state index contributed by atoms with van der Waals surface area (Å²) in [6.07, 6.45) is 0. The van der Waals surface area contributed by atoms with Crippen molar-refractivity contribution in [3.8, 4) is 0 Å². The molecule has 19 heavy (non-hydrogen) atoms. The van der Waals surface area contributed by atoms with E-state index in [-0.39, 0.29) is 5.54 Å². The van der Waals surface area contributed by atoms with Crippen LogP contribution in [0, 0.1) is 0 Å². The van der Waals surface area contributed by atoms with Crippen molar-refractivity contribution in [1.82, 2.24) is 4.90 Å². The maximum Gasteiger partial charge on any atom is 0.250 e. The highest BCUT2D eigenvalue weighted by molar-refractivity contribution is 5.99. The summed E-state index contributed by atoms with van der Waals surface area (Å²) in [5, 5.41) is 0. The summed E-state index contributed by atoms with van der Waals surface area (Å²) in [5.74, 6) is -0.479. The van der Waals surface area contributed by atoms with Crippen LogP contribution in [-0.4, -0.2) is 43.0 Å². The Morgan fingerprint density at radius 2 is 2.00 bits per heavy atom. The minimum Gasteiger partial charge on any atom is -0.398 e. The van der Waals surface area contributed by atoms with Crippen molar-refractivity contribution in [1.29, 1.82) is 0 Å². The fraction of sp³-hybridized carbons (Fsp3) is 0.500. The Hall–Kier alpha value is -1.75. The van der Waals surface area contributed by atoms with Crippen LogP contribution in [0.15, 0.2) is 18.2 Å². The smallest absolute Gasteiger partial charge is 0.250 e. The number of nitrogens with two attached hydrogens (primary N) is 2. The van der Waals surface area contributed by atoms with Gasteiger partial charge in [-0.1, -0.05) is 0 Å². The summed E-state index contributed by atoms with van der Waals surface area (Å²) in [7, 11) is 2.13. The number of anilines is 2. The molecule has 5 heteroatoms. The van der Waals surface area contributed by atoms with Gasteiger partial charge in [-0.2, -0.15) is 0 Å². The second kappa shape index (κ2) is 4.74. The van der Waals surface area contributed by atoms with Crippen molar-refractivity contribution < 1.29 is 4.79 Å². The maximum atomic E-state index is 11.4. The number of carbonyl (C=O) groups is 1. The van der Waals surface area contributed by atoms with E-state index in [1.165, 1.54) is 0 Å². The number of carbonyl (C=O) groups excluding carboxylic acids is 1. The highest BCUT2D eigenvalue weighted by Crippen LogP contribution is 2.26. The predicted molar refractivity (Wildman–Crippen MR) is 78.3 cm³/mol. The minimum absolute atomic E-state index is 0.104. The first-order valence-electron chi connectivity index (χ1n) is 6.47. The van der Waals surface area contributed by atoms with Crippen molar-refractivity contribution in [3.05, 3.63) is 23.8 Å². The Balaban J connectivity index is 2.28. The Morgan fingerprint density at radius 3 is 2.58 bits per heavy atom. The largest absolute Gasteiger partial charge is 0.398 e. The van der Waals surface area contributed by atoms with Gasteiger partial charge in [0.2, 0.25) is 0 Å². The molecule has 0 radical (unpaired) electrons. The summed E-state index contributed by atoms with van der Waals surface area (Å²) in [6, 6.07) is 5.49. The molecule has 1 aromatic carbocycles. The fourth-order valence-electron chi connectivity index (χ4n) is 2.41. The van der Waals surface area contributed by atoms with Crippen LogP contribution >= 0.6 is 0 Å². The topological polar surface area (TPSA) is 75.6 Å². The molecule has 104 valence electrons. The van der Waals surface area contributed by atoms with Gasteiger partial charge in [-0.05, 0) is 39.1 Å². The van der Waals surface area contributed by atoms with Gasteiger partial charge < -0.3 is 16.4 Å². The molecule has 1 fully saturated rings. The summed E-state index contributed by atoms with van der Waals surface area (Å²) >= 11 is 0. The van der Waals surface area contributed by atoms with E-state index in [2.05, 4.69) is 30.7 Å². The standard InChI is InChI=1S/C14H22N4O/c1-14(2)9-18(7-6-17(14)3)10-4-5-12(15)11(8-10)13(16)19/h4-5,8H,6-7,9,15H2,1-3H3,(H2,16,19). The van der Waals surface area contributed by atoms with Crippen LogP contribution in [0.1, 0.15) is 24.2 Å². The van der Waals surface area contributed by atoms with Gasteiger partial charge in [0.15, 0.2) is 0 Å². The van der Waals surface area contributed by atoms with Crippen LogP contribution in [0.25, 0.3) is 0 Å². The zero-order valence-corrected chi connectivity index (χ0v) is 11.8. The van der Waals surface area contributed by atoms with Crippen LogP contribution in [-0.2, 0) is 0 Å². The number of benzene rings is 1. The first kappa shape index (κ1) is 13.7. The number of nitrogen functional groups attached to an aromatic ring is 1. The molecule has 0 spiro atoms. The van der Waals surface area contributed by atoms with Crippen LogP contribution in [0.4, 0.5) is 11.4 Å². The van der Waals surface area contributed by atoms with Crippen molar-refractivity contribution in [3.63, 3.8) is 0 Å². The summed E-state index contributed by atoms with van der Waals surface area (Å²) in [4.78, 5) is 16.0. The number of piperazine rings is 1. The Kier molecular flexibility index (Phi) is 3.41. The zero-order valence-electron chi connectivity index (χ0n) is 11.8. The molecule has 1 aliphatic rings. The molecule has 5 nitrogen and oxygen atoms in total. The molecular formula is C14H22N4O. The highest BCUT2D eigenvalue weighted by Gasteiger charge is 2.31. The highest BCUT2D eigenvalue weighted by atomic mass is 16.1. The molecule has 0 bridgehead atoms. The third kappa shape index (κ3) is 2.66. The molecule has 1 amide bonds. The molecule has 0 unspecified atom stereocenters. The van der Waals surface area contributed by atoms with Crippen molar-refractivity contribution >= 4 is 17.3 Å². The van der Waals surface area contributed by atoms with E-state index < -0.39 is 5.91 Å². The lowest BCUT2D eigenvalue weighted by molar-refractivity contribution is 0.100. The van der Waals surface area contributed by atoms with Gasteiger partial charge in [0.05, 0.1) is 5.56 Å². The quantitative estimate of drug-likeness (QED) is 0.776. The number of hydrogen-bond acceptors (Lipinski definition) is 4. The SMILES string of the molecule is CN1CCN(c2ccc(N)c(C(N)=O)c2)CC1(C)C. The van der Waals surface area contributed by atoms with Gasteiger partial charge >= 0.3 is 0 Å². The fourth-order valence-corrected chi connectivity index (χ4v) is 2.41. The number of likely N-dealkylation sites (N-methyl/N-ethyl adjacent to an activating group) is 1. The minimum atomic E-state index is -0.479. The number of hydrogen-bond donors (Lipinski definition) is 2. The van der Waals surface area contributed by atoms with Gasteiger partial charge in [-0.15, -0.1) is 0 Å². The molecule has 0 saturated carbocycles. The maximum absolute atomic E-state index is 11.4. The average Bonchev–Trinajstić information content (AvgIpc) is 2.33. The average molecular weight is 262 g/mol. The van der Waals surface area contributed by atoms with Crippen LogP contribution in [0.3, 0.4) is 0 Å². The Labute approximate surface area is 114 Å². The number of rotatable bonds is 2. The molecule has 0 aliphatic carbocycles. The van der Waals surface area contributed by atoms with Crippen LogP contribution < -0.4 is 16.4 Å². The van der Waals surface area contributed by atoms with E-state index >= 15 is 0 Å². The third-order valence-electron chi connectivity index (χ3n) is 3.98. The van der Waals surface area contributed by atoms with Crippen LogP contribution in [0.5, 0.6) is 0 Å². The molecule has 4 N–H and O–H groups in total. The first-order chi connectivity index (χ1) is 8.81. The molecule has 0 aromatic heterocycles. The second-order valence-electron chi connectivity index (χ2n) is 5.79. The van der Waals surface area contributed by atoms with Crippen LogP contribution in [0.2, 0.25) is 0 Å². The molecule has 1 aliphatic heterocycles.